The highest BCUT2D eigenvalue weighted by Gasteiger charge is 2.15. The fourth-order valence-corrected chi connectivity index (χ4v) is 1.81. The van der Waals surface area contributed by atoms with Gasteiger partial charge in [-0.3, -0.25) is 4.79 Å². The normalized spacial score (nSPS) is 13.3. The largest absolute Gasteiger partial charge is 0.409 e. The van der Waals surface area contributed by atoms with Crippen molar-refractivity contribution in [1.29, 1.82) is 0 Å². The molecule has 0 rings (SSSR count). The van der Waals surface area contributed by atoms with Crippen LogP contribution in [0.25, 0.3) is 0 Å². The van der Waals surface area contributed by atoms with Gasteiger partial charge in [0.05, 0.1) is 6.04 Å². The minimum absolute atomic E-state index is 0.0171. The van der Waals surface area contributed by atoms with Gasteiger partial charge in [0.25, 0.3) is 0 Å². The van der Waals surface area contributed by atoms with Crippen LogP contribution in [0.5, 0.6) is 0 Å². The SMILES string of the molecule is CCCCCCCC(=O)NC(CCC)/C(N)=N/O. The van der Waals surface area contributed by atoms with Crippen LogP contribution in [0.15, 0.2) is 5.16 Å². The lowest BCUT2D eigenvalue weighted by Crippen LogP contribution is -2.44. The van der Waals surface area contributed by atoms with Crippen molar-refractivity contribution >= 4 is 11.7 Å². The van der Waals surface area contributed by atoms with E-state index in [1.165, 1.54) is 19.3 Å². The van der Waals surface area contributed by atoms with Crippen LogP contribution in [0.1, 0.15) is 65.2 Å². The number of amides is 1. The van der Waals surface area contributed by atoms with Crippen molar-refractivity contribution in [2.75, 3.05) is 0 Å². The van der Waals surface area contributed by atoms with E-state index in [0.29, 0.717) is 12.8 Å². The Morgan fingerprint density at radius 2 is 1.89 bits per heavy atom. The molecule has 1 unspecified atom stereocenters. The maximum Gasteiger partial charge on any atom is 0.220 e. The van der Waals surface area contributed by atoms with Crippen LogP contribution >= 0.6 is 0 Å². The molecule has 4 N–H and O–H groups in total. The first-order chi connectivity index (χ1) is 8.65. The lowest BCUT2D eigenvalue weighted by molar-refractivity contribution is -0.121. The summed E-state index contributed by atoms with van der Waals surface area (Å²) in [5, 5.41) is 14.4. The molecular weight excluding hydrogens is 230 g/mol. The zero-order chi connectivity index (χ0) is 13.8. The first-order valence-electron chi connectivity index (χ1n) is 6.92. The molecule has 0 aromatic heterocycles. The van der Waals surface area contributed by atoms with E-state index < -0.39 is 0 Å². The van der Waals surface area contributed by atoms with Crippen LogP contribution in [-0.2, 0) is 4.79 Å². The van der Waals surface area contributed by atoms with E-state index in [1.54, 1.807) is 0 Å². The Morgan fingerprint density at radius 3 is 2.44 bits per heavy atom. The zero-order valence-electron chi connectivity index (χ0n) is 11.6. The monoisotopic (exact) mass is 257 g/mol. The van der Waals surface area contributed by atoms with Gasteiger partial charge in [0.15, 0.2) is 5.84 Å². The quantitative estimate of drug-likeness (QED) is 0.184. The Hall–Kier alpha value is -1.26. The third-order valence-electron chi connectivity index (χ3n) is 2.89. The molecule has 106 valence electrons. The molecule has 0 aromatic carbocycles. The third kappa shape index (κ3) is 7.92. The molecule has 0 aliphatic carbocycles. The molecule has 5 nitrogen and oxygen atoms in total. The van der Waals surface area contributed by atoms with Crippen LogP contribution in [0.4, 0.5) is 0 Å². The highest BCUT2D eigenvalue weighted by molar-refractivity contribution is 5.89. The molecule has 1 amide bonds. The Morgan fingerprint density at radius 1 is 1.22 bits per heavy atom. The topological polar surface area (TPSA) is 87.7 Å². The number of oxime groups is 1. The van der Waals surface area contributed by atoms with Crippen LogP contribution < -0.4 is 11.1 Å². The summed E-state index contributed by atoms with van der Waals surface area (Å²) in [6.45, 7) is 4.16. The minimum atomic E-state index is -0.344. The fourth-order valence-electron chi connectivity index (χ4n) is 1.81. The van der Waals surface area contributed by atoms with E-state index in [-0.39, 0.29) is 17.8 Å². The van der Waals surface area contributed by atoms with Gasteiger partial charge in [-0.1, -0.05) is 51.1 Å². The number of hydrogen-bond donors (Lipinski definition) is 3. The Kier molecular flexibility index (Phi) is 10.1. The number of carbonyl (C=O) groups is 1. The van der Waals surface area contributed by atoms with E-state index in [4.69, 9.17) is 10.9 Å². The number of unbranched alkanes of at least 4 members (excludes halogenated alkanes) is 4. The first kappa shape index (κ1) is 16.7. The van der Waals surface area contributed by atoms with Gasteiger partial charge in [-0.2, -0.15) is 0 Å². The molecule has 0 bridgehead atoms. The summed E-state index contributed by atoms with van der Waals surface area (Å²) in [5.74, 6) is 0.0627. The van der Waals surface area contributed by atoms with Gasteiger partial charge in [0.2, 0.25) is 5.91 Å². The molecule has 1 atom stereocenters. The highest BCUT2D eigenvalue weighted by atomic mass is 16.4. The number of carbonyl (C=O) groups excluding carboxylic acids is 1. The second kappa shape index (κ2) is 10.9. The smallest absolute Gasteiger partial charge is 0.220 e. The van der Waals surface area contributed by atoms with Crippen molar-refractivity contribution in [3.8, 4) is 0 Å². The molecule has 0 fully saturated rings. The van der Waals surface area contributed by atoms with Crippen molar-refractivity contribution in [2.24, 2.45) is 10.9 Å². The highest BCUT2D eigenvalue weighted by Crippen LogP contribution is 2.05. The van der Waals surface area contributed by atoms with Gasteiger partial charge in [-0.25, -0.2) is 0 Å². The molecule has 0 radical (unpaired) electrons. The van der Waals surface area contributed by atoms with E-state index in [2.05, 4.69) is 17.4 Å². The lowest BCUT2D eigenvalue weighted by Gasteiger charge is -2.16. The molecule has 0 saturated carbocycles. The average molecular weight is 257 g/mol. The van der Waals surface area contributed by atoms with E-state index in [9.17, 15) is 4.79 Å². The standard InChI is InChI=1S/C13H27N3O2/c1-3-5-6-7-8-10-12(17)15-11(9-4-2)13(14)16-18/h11,18H,3-10H2,1-2H3,(H2,14,16)(H,15,17). The molecule has 0 spiro atoms. The molecule has 0 aliphatic rings. The van der Waals surface area contributed by atoms with E-state index in [1.807, 2.05) is 6.92 Å². The maximum atomic E-state index is 11.7. The fraction of sp³-hybridized carbons (Fsp3) is 0.846. The van der Waals surface area contributed by atoms with Crippen molar-refractivity contribution in [3.63, 3.8) is 0 Å². The van der Waals surface area contributed by atoms with Crippen molar-refractivity contribution < 1.29 is 10.0 Å². The minimum Gasteiger partial charge on any atom is -0.409 e. The molecule has 0 aromatic rings. The summed E-state index contributed by atoms with van der Waals surface area (Å²) in [6.07, 6.45) is 7.68. The molecule has 0 aliphatic heterocycles. The molecule has 18 heavy (non-hydrogen) atoms. The number of amidine groups is 1. The van der Waals surface area contributed by atoms with Crippen LogP contribution in [0.2, 0.25) is 0 Å². The third-order valence-corrected chi connectivity index (χ3v) is 2.89. The number of hydrogen-bond acceptors (Lipinski definition) is 3. The summed E-state index contributed by atoms with van der Waals surface area (Å²) in [5.41, 5.74) is 5.53. The van der Waals surface area contributed by atoms with Crippen LogP contribution in [-0.4, -0.2) is 23.0 Å². The van der Waals surface area contributed by atoms with Crippen molar-refractivity contribution in [2.45, 2.75) is 71.3 Å². The van der Waals surface area contributed by atoms with Crippen LogP contribution in [0.3, 0.4) is 0 Å². The Labute approximate surface area is 110 Å². The number of rotatable bonds is 10. The Balaban J connectivity index is 3.88. The average Bonchev–Trinajstić information content (AvgIpc) is 2.37. The summed E-state index contributed by atoms with van der Waals surface area (Å²) < 4.78 is 0. The summed E-state index contributed by atoms with van der Waals surface area (Å²) in [7, 11) is 0. The van der Waals surface area contributed by atoms with Gasteiger partial charge in [-0.15, -0.1) is 0 Å². The van der Waals surface area contributed by atoms with Gasteiger partial charge in [0.1, 0.15) is 0 Å². The van der Waals surface area contributed by atoms with Gasteiger partial charge in [0, 0.05) is 6.42 Å². The summed E-state index contributed by atoms with van der Waals surface area (Å²) in [6, 6.07) is -0.344. The number of nitrogens with zero attached hydrogens (tertiary/aromatic N) is 1. The summed E-state index contributed by atoms with van der Waals surface area (Å²) >= 11 is 0. The van der Waals surface area contributed by atoms with Crippen molar-refractivity contribution in [3.05, 3.63) is 0 Å². The number of nitrogens with one attached hydrogen (secondary N) is 1. The first-order valence-corrected chi connectivity index (χ1v) is 6.92. The van der Waals surface area contributed by atoms with Crippen molar-refractivity contribution in [1.82, 2.24) is 5.32 Å². The maximum absolute atomic E-state index is 11.7. The molecular formula is C13H27N3O2. The van der Waals surface area contributed by atoms with Gasteiger partial charge >= 0.3 is 0 Å². The zero-order valence-corrected chi connectivity index (χ0v) is 11.6. The van der Waals surface area contributed by atoms with E-state index in [0.717, 1.165) is 19.3 Å². The van der Waals surface area contributed by atoms with Crippen LogP contribution in [0, 0.1) is 0 Å². The van der Waals surface area contributed by atoms with Gasteiger partial charge in [-0.05, 0) is 12.8 Å². The predicted octanol–water partition coefficient (Wildman–Crippen LogP) is 2.38. The molecule has 0 saturated heterocycles. The van der Waals surface area contributed by atoms with Gasteiger partial charge < -0.3 is 16.3 Å². The molecule has 5 heteroatoms. The Bertz CT molecular complexity index is 255. The second-order valence-electron chi connectivity index (χ2n) is 4.60. The van der Waals surface area contributed by atoms with E-state index >= 15 is 0 Å². The predicted molar refractivity (Wildman–Crippen MR) is 73.6 cm³/mol. The second-order valence-corrected chi connectivity index (χ2v) is 4.60. The molecule has 0 heterocycles. The lowest BCUT2D eigenvalue weighted by atomic mass is 10.1. The number of nitrogens with two attached hydrogens (primary N) is 1. The summed E-state index contributed by atoms with van der Waals surface area (Å²) in [4.78, 5) is 11.7.